The summed E-state index contributed by atoms with van der Waals surface area (Å²) in [4.78, 5) is 64.2. The number of para-hydroxylation sites is 1. The van der Waals surface area contributed by atoms with Crippen LogP contribution >= 0.6 is 11.6 Å². The molecule has 9 nitrogen and oxygen atoms in total. The quantitative estimate of drug-likeness (QED) is 0.335. The molecule has 2 saturated heterocycles. The number of benzene rings is 2. The molecule has 2 aliphatic heterocycles. The maximum atomic E-state index is 14.8. The van der Waals surface area contributed by atoms with E-state index in [0.29, 0.717) is 25.9 Å². The van der Waals surface area contributed by atoms with Gasteiger partial charge in [0.1, 0.15) is 17.5 Å². The van der Waals surface area contributed by atoms with E-state index in [1.54, 1.807) is 11.9 Å². The van der Waals surface area contributed by atoms with Gasteiger partial charge < -0.3 is 25.4 Å². The van der Waals surface area contributed by atoms with Gasteiger partial charge in [0.25, 0.3) is 0 Å². The monoisotopic (exact) mass is 619 g/mol. The van der Waals surface area contributed by atoms with Crippen LogP contribution in [0.5, 0.6) is 0 Å². The molecule has 4 amide bonds. The number of nitrogens with zero attached hydrogens (tertiary/aromatic N) is 3. The van der Waals surface area contributed by atoms with Gasteiger partial charge in [0.05, 0.1) is 5.92 Å². The van der Waals surface area contributed by atoms with Crippen molar-refractivity contribution in [3.8, 4) is 0 Å². The summed E-state index contributed by atoms with van der Waals surface area (Å²) in [5, 5.41) is 0.964. The summed E-state index contributed by atoms with van der Waals surface area (Å²) < 4.78 is 0. The van der Waals surface area contributed by atoms with Crippen molar-refractivity contribution in [1.82, 2.24) is 19.7 Å². The van der Waals surface area contributed by atoms with E-state index >= 15 is 0 Å². The molecule has 1 aromatic heterocycles. The Labute approximate surface area is 263 Å². The van der Waals surface area contributed by atoms with E-state index in [-0.39, 0.29) is 37.6 Å². The van der Waals surface area contributed by atoms with Crippen LogP contribution < -0.4 is 5.73 Å². The molecule has 3 N–H and O–H groups in total. The van der Waals surface area contributed by atoms with Crippen molar-refractivity contribution in [3.63, 3.8) is 0 Å². The van der Waals surface area contributed by atoms with Gasteiger partial charge in [-0.25, -0.2) is 0 Å². The zero-order valence-electron chi connectivity index (χ0n) is 25.3. The fourth-order valence-corrected chi connectivity index (χ4v) is 7.28. The Morgan fingerprint density at radius 3 is 2.30 bits per heavy atom. The minimum absolute atomic E-state index is 0.154. The van der Waals surface area contributed by atoms with E-state index in [0.717, 1.165) is 41.3 Å². The Kier molecular flexibility index (Phi) is 9.93. The number of H-pyrrole nitrogens is 1. The number of nitrogens with one attached hydrogen (secondary N) is 1. The normalized spacial score (nSPS) is 20.2. The van der Waals surface area contributed by atoms with Gasteiger partial charge in [-0.15, -0.1) is 11.6 Å². The number of hydrogen-bond donors (Lipinski definition) is 2. The van der Waals surface area contributed by atoms with Crippen LogP contribution in [-0.2, 0) is 32.0 Å². The zero-order valence-corrected chi connectivity index (χ0v) is 26.1. The molecule has 0 aliphatic carbocycles. The Bertz CT molecular complexity index is 1490. The largest absolute Gasteiger partial charge is 0.368 e. The van der Waals surface area contributed by atoms with E-state index in [1.807, 2.05) is 65.7 Å². The smallest absolute Gasteiger partial charge is 0.246 e. The number of likely N-dealkylation sites (N-methyl/N-ethyl adjacent to an activating group) is 1. The molecule has 3 atom stereocenters. The topological polar surface area (TPSA) is 120 Å². The van der Waals surface area contributed by atoms with Gasteiger partial charge >= 0.3 is 0 Å². The van der Waals surface area contributed by atoms with Gasteiger partial charge in [-0.3, -0.25) is 19.2 Å². The first-order chi connectivity index (χ1) is 21.3. The molecule has 10 heteroatoms. The van der Waals surface area contributed by atoms with E-state index in [1.165, 1.54) is 4.90 Å². The molecule has 0 radical (unpaired) electrons. The van der Waals surface area contributed by atoms with Crippen LogP contribution in [0.3, 0.4) is 0 Å². The van der Waals surface area contributed by atoms with Crippen LogP contribution in [0.1, 0.15) is 49.7 Å². The summed E-state index contributed by atoms with van der Waals surface area (Å²) in [6.07, 6.45) is 6.76. The van der Waals surface area contributed by atoms with E-state index < -0.39 is 35.2 Å². The summed E-state index contributed by atoms with van der Waals surface area (Å²) >= 11 is 5.95. The van der Waals surface area contributed by atoms with Gasteiger partial charge in [0.15, 0.2) is 0 Å². The average molecular weight is 620 g/mol. The molecule has 1 unspecified atom stereocenters. The number of alkyl halides is 1. The molecule has 0 saturated carbocycles. The Morgan fingerprint density at radius 2 is 1.59 bits per heavy atom. The first kappa shape index (κ1) is 31.6. The van der Waals surface area contributed by atoms with Crippen molar-refractivity contribution < 1.29 is 19.2 Å². The first-order valence-corrected chi connectivity index (χ1v) is 16.1. The Hall–Kier alpha value is -3.85. The standard InChI is InChI=1S/C34H42ClN5O4/c1-38(30(41)22-35)29(20-24-12-4-2-5-13-24)32(43)40-19-11-8-16-34(40,33(36)44)27(31(42)39-17-9-3-10-18-39)21-25-23-37-28-15-7-6-14-26(25)28/h2,4-7,12-15,23,27,29,37H,3,8-11,16-22H2,1H3,(H2,36,44)/t27-,29+,34?/m1/s1. The summed E-state index contributed by atoms with van der Waals surface area (Å²) in [7, 11) is 1.56. The first-order valence-electron chi connectivity index (χ1n) is 15.6. The number of hydrogen-bond acceptors (Lipinski definition) is 4. The van der Waals surface area contributed by atoms with Gasteiger partial charge in [0, 0.05) is 50.2 Å². The number of carbonyl (C=O) groups excluding carboxylic acids is 4. The molecule has 0 bridgehead atoms. The fraction of sp³-hybridized carbons (Fsp3) is 0.471. The lowest BCUT2D eigenvalue weighted by Crippen LogP contribution is -2.70. The number of piperidine rings is 2. The summed E-state index contributed by atoms with van der Waals surface area (Å²) in [5.41, 5.74) is 7.46. The third kappa shape index (κ3) is 6.20. The van der Waals surface area contributed by atoms with Crippen LogP contribution in [0.15, 0.2) is 60.8 Å². The Morgan fingerprint density at radius 1 is 0.909 bits per heavy atom. The number of likely N-dealkylation sites (tertiary alicyclic amines) is 2. The number of aromatic amines is 1. The predicted molar refractivity (Wildman–Crippen MR) is 171 cm³/mol. The number of carbonyl (C=O) groups is 4. The van der Waals surface area contributed by atoms with E-state index in [9.17, 15) is 19.2 Å². The molecular weight excluding hydrogens is 578 g/mol. The van der Waals surface area contributed by atoms with Crippen LogP contribution in [0.2, 0.25) is 0 Å². The lowest BCUT2D eigenvalue weighted by molar-refractivity contribution is -0.165. The highest BCUT2D eigenvalue weighted by atomic mass is 35.5. The number of rotatable bonds is 10. The lowest BCUT2D eigenvalue weighted by atomic mass is 9.71. The third-order valence-corrected chi connectivity index (χ3v) is 9.77. The van der Waals surface area contributed by atoms with Crippen molar-refractivity contribution in [2.75, 3.05) is 32.6 Å². The van der Waals surface area contributed by atoms with Gasteiger partial charge in [-0.1, -0.05) is 48.5 Å². The van der Waals surface area contributed by atoms with Crippen molar-refractivity contribution in [3.05, 3.63) is 71.9 Å². The van der Waals surface area contributed by atoms with Crippen LogP contribution in [0, 0.1) is 5.92 Å². The molecule has 3 aromatic rings. The van der Waals surface area contributed by atoms with Crippen molar-refractivity contribution >= 4 is 46.1 Å². The molecule has 44 heavy (non-hydrogen) atoms. The summed E-state index contributed by atoms with van der Waals surface area (Å²) in [6.45, 7) is 1.47. The summed E-state index contributed by atoms with van der Waals surface area (Å²) in [5.74, 6) is -2.82. The van der Waals surface area contributed by atoms with Gasteiger partial charge in [-0.2, -0.15) is 0 Å². The number of aromatic nitrogens is 1. The summed E-state index contributed by atoms with van der Waals surface area (Å²) in [6, 6.07) is 16.4. The number of fused-ring (bicyclic) bond motifs is 1. The SMILES string of the molecule is CN(C(=O)CCl)[C@@H](Cc1ccccc1)C(=O)N1CCCCC1(C(N)=O)[C@H](Cc1c[nH]c2ccccc12)C(=O)N1CCCCC1. The molecule has 234 valence electrons. The second-order valence-electron chi connectivity index (χ2n) is 12.1. The lowest BCUT2D eigenvalue weighted by Gasteiger charge is -2.51. The number of primary amides is 1. The molecule has 2 aromatic carbocycles. The number of nitrogens with two attached hydrogens (primary N) is 1. The average Bonchev–Trinajstić information content (AvgIpc) is 3.48. The highest BCUT2D eigenvalue weighted by Crippen LogP contribution is 2.40. The zero-order chi connectivity index (χ0) is 31.3. The highest BCUT2D eigenvalue weighted by Gasteiger charge is 2.56. The third-order valence-electron chi connectivity index (χ3n) is 9.54. The van der Waals surface area contributed by atoms with Crippen LogP contribution in [0.4, 0.5) is 0 Å². The molecular formula is C34H42ClN5O4. The highest BCUT2D eigenvalue weighted by molar-refractivity contribution is 6.27. The maximum absolute atomic E-state index is 14.8. The van der Waals surface area contributed by atoms with Crippen molar-refractivity contribution in [2.45, 2.75) is 62.9 Å². The van der Waals surface area contributed by atoms with Crippen LogP contribution in [0.25, 0.3) is 10.9 Å². The molecule has 2 fully saturated rings. The number of halogens is 1. The second-order valence-corrected chi connectivity index (χ2v) is 12.3. The van der Waals surface area contributed by atoms with E-state index in [4.69, 9.17) is 17.3 Å². The van der Waals surface area contributed by atoms with Crippen molar-refractivity contribution in [1.29, 1.82) is 0 Å². The predicted octanol–water partition coefficient (Wildman–Crippen LogP) is 3.88. The molecule has 5 rings (SSSR count). The molecule has 2 aliphatic rings. The maximum Gasteiger partial charge on any atom is 0.246 e. The second kappa shape index (κ2) is 13.8. The van der Waals surface area contributed by atoms with Crippen LogP contribution in [-0.4, -0.2) is 87.5 Å². The fourth-order valence-electron chi connectivity index (χ4n) is 7.09. The van der Waals surface area contributed by atoms with Gasteiger partial charge in [-0.05, 0) is 62.1 Å². The van der Waals surface area contributed by atoms with Crippen molar-refractivity contribution in [2.24, 2.45) is 11.7 Å². The molecule has 3 heterocycles. The van der Waals surface area contributed by atoms with E-state index in [2.05, 4.69) is 4.98 Å². The minimum Gasteiger partial charge on any atom is -0.368 e. The minimum atomic E-state index is -1.57. The Balaban J connectivity index is 1.61. The number of amides is 4. The molecule has 0 spiro atoms. The van der Waals surface area contributed by atoms with Gasteiger partial charge in [0.2, 0.25) is 23.6 Å².